The number of nitrogens with one attached hydrogen (secondary N) is 1. The van der Waals surface area contributed by atoms with E-state index in [1.165, 1.54) is 6.07 Å². The Morgan fingerprint density at radius 3 is 2.33 bits per heavy atom. The molecule has 1 atom stereocenters. The van der Waals surface area contributed by atoms with Gasteiger partial charge in [-0.15, -0.1) is 0 Å². The second-order valence-corrected chi connectivity index (χ2v) is 7.90. The minimum absolute atomic E-state index is 0.0913. The molecule has 0 aliphatic rings. The lowest BCUT2D eigenvalue weighted by molar-refractivity contribution is -0.121. The van der Waals surface area contributed by atoms with E-state index in [4.69, 9.17) is 0 Å². The van der Waals surface area contributed by atoms with Crippen molar-refractivity contribution in [2.24, 2.45) is 0 Å². The van der Waals surface area contributed by atoms with Gasteiger partial charge in [0.1, 0.15) is 15.7 Å². The number of hydrogen-bond acceptors (Lipinski definition) is 3. The molecule has 0 heterocycles. The molecule has 0 spiro atoms. The van der Waals surface area contributed by atoms with E-state index in [0.717, 1.165) is 11.8 Å². The highest BCUT2D eigenvalue weighted by Gasteiger charge is 2.19. The summed E-state index contributed by atoms with van der Waals surface area (Å²) < 4.78 is 36.8. The molecule has 2 aromatic rings. The molecule has 0 radical (unpaired) electrons. The molecule has 0 aliphatic heterocycles. The molecule has 2 aromatic carbocycles. The van der Waals surface area contributed by atoms with Gasteiger partial charge in [0.2, 0.25) is 5.91 Å². The monoisotopic (exact) mass is 349 g/mol. The fraction of sp³-hybridized carbons (Fsp3) is 0.278. The molecule has 24 heavy (non-hydrogen) atoms. The zero-order valence-electron chi connectivity index (χ0n) is 13.4. The molecule has 6 heteroatoms. The summed E-state index contributed by atoms with van der Waals surface area (Å²) in [4.78, 5) is 12.2. The predicted octanol–water partition coefficient (Wildman–Crippen LogP) is 2.66. The minimum atomic E-state index is -3.27. The van der Waals surface area contributed by atoms with Crippen molar-refractivity contribution in [3.8, 4) is 0 Å². The predicted molar refractivity (Wildman–Crippen MR) is 91.8 cm³/mol. The summed E-state index contributed by atoms with van der Waals surface area (Å²) in [6, 6.07) is 14.6. The first kappa shape index (κ1) is 18.1. The number of halogens is 1. The van der Waals surface area contributed by atoms with E-state index in [9.17, 15) is 17.6 Å². The van der Waals surface area contributed by atoms with E-state index < -0.39 is 15.9 Å². The lowest BCUT2D eigenvalue weighted by Gasteiger charge is -2.18. The van der Waals surface area contributed by atoms with Crippen LogP contribution in [0, 0.1) is 5.82 Å². The van der Waals surface area contributed by atoms with Crippen molar-refractivity contribution in [1.29, 1.82) is 0 Å². The summed E-state index contributed by atoms with van der Waals surface area (Å²) in [7, 11) is -3.27. The van der Waals surface area contributed by atoms with Crippen molar-refractivity contribution in [3.05, 3.63) is 71.5 Å². The van der Waals surface area contributed by atoms with E-state index in [0.29, 0.717) is 5.56 Å². The van der Waals surface area contributed by atoms with Gasteiger partial charge >= 0.3 is 0 Å². The highest BCUT2D eigenvalue weighted by atomic mass is 32.2. The maximum absolute atomic E-state index is 13.6. The quantitative estimate of drug-likeness (QED) is 0.836. The Bertz CT molecular complexity index is 791. The van der Waals surface area contributed by atoms with E-state index in [1.54, 1.807) is 42.5 Å². The van der Waals surface area contributed by atoms with E-state index >= 15 is 0 Å². The first-order valence-electron chi connectivity index (χ1n) is 7.60. The summed E-state index contributed by atoms with van der Waals surface area (Å²) in [6.45, 7) is 0. The van der Waals surface area contributed by atoms with Crippen molar-refractivity contribution in [2.75, 3.05) is 12.0 Å². The molecule has 1 amide bonds. The number of benzene rings is 2. The number of amides is 1. The van der Waals surface area contributed by atoms with Crippen molar-refractivity contribution in [2.45, 2.75) is 18.9 Å². The summed E-state index contributed by atoms with van der Waals surface area (Å²) in [5, 5.41) is 2.74. The summed E-state index contributed by atoms with van der Waals surface area (Å²) >= 11 is 0. The molecular formula is C18H20FNO3S. The number of hydrogen-bond donors (Lipinski definition) is 1. The third kappa shape index (κ3) is 5.77. The Hall–Kier alpha value is -2.21. The maximum Gasteiger partial charge on any atom is 0.220 e. The third-order valence-corrected chi connectivity index (χ3v) is 4.52. The number of rotatable bonds is 7. The molecule has 2 rings (SSSR count). The summed E-state index contributed by atoms with van der Waals surface area (Å²) in [5.74, 6) is -0.834. The molecule has 0 aliphatic carbocycles. The van der Waals surface area contributed by atoms with Crippen LogP contribution in [0.5, 0.6) is 0 Å². The van der Waals surface area contributed by atoms with Gasteiger partial charge in [-0.2, -0.15) is 0 Å². The Labute approximate surface area is 141 Å². The smallest absolute Gasteiger partial charge is 0.220 e. The Morgan fingerprint density at radius 1 is 1.08 bits per heavy atom. The van der Waals surface area contributed by atoms with Gasteiger partial charge in [-0.1, -0.05) is 48.5 Å². The van der Waals surface area contributed by atoms with Crippen LogP contribution in [-0.2, 0) is 21.1 Å². The van der Waals surface area contributed by atoms with Gasteiger partial charge < -0.3 is 5.32 Å². The van der Waals surface area contributed by atoms with Crippen LogP contribution in [0.1, 0.15) is 23.6 Å². The lowest BCUT2D eigenvalue weighted by atomic mass is 10.1. The Kier molecular flexibility index (Phi) is 6.09. The fourth-order valence-corrected chi connectivity index (χ4v) is 3.31. The highest BCUT2D eigenvalue weighted by Crippen LogP contribution is 2.16. The van der Waals surface area contributed by atoms with Gasteiger partial charge in [-0.25, -0.2) is 12.8 Å². The van der Waals surface area contributed by atoms with Crippen LogP contribution < -0.4 is 5.32 Å². The molecule has 0 saturated heterocycles. The number of sulfone groups is 1. The molecule has 0 fully saturated rings. The number of aryl methyl sites for hydroxylation is 1. The van der Waals surface area contributed by atoms with Gasteiger partial charge in [0, 0.05) is 12.7 Å². The van der Waals surface area contributed by atoms with Gasteiger partial charge in [-0.05, 0) is 23.6 Å². The number of carbonyl (C=O) groups is 1. The fourth-order valence-electron chi connectivity index (χ4n) is 2.43. The van der Waals surface area contributed by atoms with Gasteiger partial charge in [0.25, 0.3) is 0 Å². The van der Waals surface area contributed by atoms with Crippen LogP contribution in [-0.4, -0.2) is 26.3 Å². The second-order valence-electron chi connectivity index (χ2n) is 5.71. The van der Waals surface area contributed by atoms with Crippen LogP contribution in [0.15, 0.2) is 54.6 Å². The van der Waals surface area contributed by atoms with E-state index in [-0.39, 0.29) is 30.3 Å². The standard InChI is InChI=1S/C18H20FNO3S/c1-24(22,23)13-17(15-8-3-2-4-9-15)20-18(21)12-11-14-7-5-6-10-16(14)19/h2-10,17H,11-13H2,1H3,(H,20,21). The van der Waals surface area contributed by atoms with Crippen LogP contribution >= 0.6 is 0 Å². The largest absolute Gasteiger partial charge is 0.348 e. The lowest BCUT2D eigenvalue weighted by Crippen LogP contribution is -2.33. The number of carbonyl (C=O) groups excluding carboxylic acids is 1. The Balaban J connectivity index is 2.03. The van der Waals surface area contributed by atoms with Gasteiger partial charge in [0.05, 0.1) is 11.8 Å². The van der Waals surface area contributed by atoms with Crippen LogP contribution in [0.3, 0.4) is 0 Å². The van der Waals surface area contributed by atoms with Crippen LogP contribution in [0.4, 0.5) is 4.39 Å². The molecule has 4 nitrogen and oxygen atoms in total. The second kappa shape index (κ2) is 8.06. The van der Waals surface area contributed by atoms with E-state index in [1.807, 2.05) is 6.07 Å². The first-order chi connectivity index (χ1) is 11.3. The normalized spacial score (nSPS) is 12.6. The molecule has 1 unspecified atom stereocenters. The zero-order chi connectivity index (χ0) is 17.6. The highest BCUT2D eigenvalue weighted by molar-refractivity contribution is 7.90. The molecule has 0 saturated carbocycles. The maximum atomic E-state index is 13.6. The van der Waals surface area contributed by atoms with Crippen molar-refractivity contribution < 1.29 is 17.6 Å². The molecular weight excluding hydrogens is 329 g/mol. The zero-order valence-corrected chi connectivity index (χ0v) is 14.2. The SMILES string of the molecule is CS(=O)(=O)CC(NC(=O)CCc1ccccc1F)c1ccccc1. The van der Waals surface area contributed by atoms with Crippen molar-refractivity contribution in [3.63, 3.8) is 0 Å². The van der Waals surface area contributed by atoms with Gasteiger partial charge in [0.15, 0.2) is 0 Å². The first-order valence-corrected chi connectivity index (χ1v) is 9.66. The van der Waals surface area contributed by atoms with Crippen LogP contribution in [0.25, 0.3) is 0 Å². The van der Waals surface area contributed by atoms with Crippen LogP contribution in [0.2, 0.25) is 0 Å². The summed E-state index contributed by atoms with van der Waals surface area (Å²) in [5.41, 5.74) is 1.19. The molecule has 0 aromatic heterocycles. The molecule has 1 N–H and O–H groups in total. The third-order valence-electron chi connectivity index (χ3n) is 3.59. The Morgan fingerprint density at radius 2 is 1.71 bits per heavy atom. The van der Waals surface area contributed by atoms with Gasteiger partial charge in [-0.3, -0.25) is 4.79 Å². The minimum Gasteiger partial charge on any atom is -0.348 e. The van der Waals surface area contributed by atoms with Crippen molar-refractivity contribution >= 4 is 15.7 Å². The topological polar surface area (TPSA) is 63.2 Å². The van der Waals surface area contributed by atoms with E-state index in [2.05, 4.69) is 5.32 Å². The summed E-state index contributed by atoms with van der Waals surface area (Å²) in [6.07, 6.45) is 1.49. The average Bonchev–Trinajstić information content (AvgIpc) is 2.53. The molecule has 0 bridgehead atoms. The van der Waals surface area contributed by atoms with Crippen molar-refractivity contribution in [1.82, 2.24) is 5.32 Å². The molecule has 128 valence electrons. The average molecular weight is 349 g/mol.